The molecule has 0 aromatic heterocycles. The summed E-state index contributed by atoms with van der Waals surface area (Å²) in [5.41, 5.74) is 3.32. The van der Waals surface area contributed by atoms with Gasteiger partial charge in [-0.1, -0.05) is 19.8 Å². The molecular weight excluding hydrogens is 302 g/mol. The van der Waals surface area contributed by atoms with Gasteiger partial charge in [0.2, 0.25) is 5.36 Å². The lowest BCUT2D eigenvalue weighted by molar-refractivity contribution is 0.744. The maximum Gasteiger partial charge on any atom is 0.201 e. The highest BCUT2D eigenvalue weighted by Crippen LogP contribution is 2.30. The fourth-order valence-corrected chi connectivity index (χ4v) is 3.65. The van der Waals surface area contributed by atoms with Crippen molar-refractivity contribution in [3.05, 3.63) is 41.8 Å². The highest BCUT2D eigenvalue weighted by Gasteiger charge is 2.09. The van der Waals surface area contributed by atoms with Gasteiger partial charge in [-0.2, -0.15) is 0 Å². The van der Waals surface area contributed by atoms with Gasteiger partial charge < -0.3 is 5.32 Å². The smallest absolute Gasteiger partial charge is 0.201 e. The van der Waals surface area contributed by atoms with E-state index in [2.05, 4.69) is 67.3 Å². The first kappa shape index (κ1) is 15.9. The van der Waals surface area contributed by atoms with Crippen molar-refractivity contribution in [1.82, 2.24) is 9.56 Å². The van der Waals surface area contributed by atoms with Crippen molar-refractivity contribution in [2.45, 2.75) is 26.2 Å². The first-order chi connectivity index (χ1) is 11.2. The van der Waals surface area contributed by atoms with Crippen LogP contribution in [0.5, 0.6) is 0 Å². The van der Waals surface area contributed by atoms with Gasteiger partial charge in [-0.3, -0.25) is 0 Å². The third-order valence-corrected chi connectivity index (χ3v) is 5.08. The molecule has 0 bridgehead atoms. The second-order valence-electron chi connectivity index (χ2n) is 6.08. The van der Waals surface area contributed by atoms with Crippen LogP contribution in [0.2, 0.25) is 0 Å². The Hall–Kier alpha value is -1.94. The Labute approximate surface area is 141 Å². The highest BCUT2D eigenvalue weighted by atomic mass is 32.1. The number of rotatable bonds is 5. The number of hydrogen-bond donors (Lipinski definition) is 1. The summed E-state index contributed by atoms with van der Waals surface area (Å²) in [5, 5.41) is 4.73. The van der Waals surface area contributed by atoms with Crippen molar-refractivity contribution in [3.63, 3.8) is 0 Å². The molecule has 4 heteroatoms. The summed E-state index contributed by atoms with van der Waals surface area (Å²) in [7, 11) is 4.14. The zero-order valence-corrected chi connectivity index (χ0v) is 14.9. The van der Waals surface area contributed by atoms with Crippen molar-refractivity contribution in [3.8, 4) is 10.6 Å². The third-order valence-electron chi connectivity index (χ3n) is 3.99. The second-order valence-corrected chi connectivity index (χ2v) is 7.16. The average Bonchev–Trinajstić information content (AvgIpc) is 2.56. The molecule has 0 spiro atoms. The van der Waals surface area contributed by atoms with Crippen LogP contribution >= 0.6 is 11.3 Å². The summed E-state index contributed by atoms with van der Waals surface area (Å²) in [6, 6.07) is 12.9. The lowest BCUT2D eigenvalue weighted by Gasteiger charge is -2.09. The molecule has 2 aliphatic rings. The van der Waals surface area contributed by atoms with Gasteiger partial charge in [-0.25, -0.2) is 9.56 Å². The van der Waals surface area contributed by atoms with Crippen LogP contribution in [0.4, 0.5) is 5.69 Å². The quantitative estimate of drug-likeness (QED) is 0.435. The Morgan fingerprint density at radius 1 is 1.09 bits per heavy atom. The number of fused-ring (bicyclic) bond motifs is 2. The Morgan fingerprint density at radius 3 is 2.74 bits per heavy atom. The number of hydrogen-bond acceptors (Lipinski definition) is 3. The van der Waals surface area contributed by atoms with E-state index in [4.69, 9.17) is 4.98 Å². The maximum atomic E-state index is 4.79. The molecular formula is C19H24N3S+. The summed E-state index contributed by atoms with van der Waals surface area (Å²) >= 11 is 1.81. The van der Waals surface area contributed by atoms with Gasteiger partial charge in [0.25, 0.3) is 0 Å². The van der Waals surface area contributed by atoms with E-state index in [1.165, 1.54) is 39.9 Å². The lowest BCUT2D eigenvalue weighted by atomic mass is 10.2. The molecule has 0 saturated carbocycles. The highest BCUT2D eigenvalue weighted by molar-refractivity contribution is 7.21. The Bertz CT molecular complexity index is 847. The van der Waals surface area contributed by atoms with Gasteiger partial charge in [-0.15, -0.1) is 11.3 Å². The molecule has 0 amide bonds. The van der Waals surface area contributed by atoms with E-state index in [-0.39, 0.29) is 0 Å². The Kier molecular flexibility index (Phi) is 4.91. The standard InChI is InChI=1S/C19H23N3S/c1-4-5-6-11-20-14-7-9-16-18(12-14)23-19-13-15(22(2)3)8-10-17(19)21-16/h7-10,12-13H,4-6,11H2,1-3H3/p+1. The molecule has 1 N–H and O–H groups in total. The molecule has 0 unspecified atom stereocenters. The van der Waals surface area contributed by atoms with Crippen molar-refractivity contribution in [1.29, 1.82) is 0 Å². The number of aromatic nitrogens is 1. The molecule has 0 atom stereocenters. The molecule has 1 aromatic carbocycles. The van der Waals surface area contributed by atoms with Crippen molar-refractivity contribution >= 4 is 27.2 Å². The van der Waals surface area contributed by atoms with E-state index in [1.54, 1.807) is 0 Å². The number of nitrogens with zero attached hydrogens (tertiary/aromatic N) is 2. The minimum Gasteiger partial charge on any atom is -0.385 e. The van der Waals surface area contributed by atoms with Crippen LogP contribution in [0.25, 0.3) is 20.8 Å². The molecule has 3 nitrogen and oxygen atoms in total. The van der Waals surface area contributed by atoms with Gasteiger partial charge in [0.1, 0.15) is 14.1 Å². The fraction of sp³-hybridized carbons (Fsp3) is 0.368. The van der Waals surface area contributed by atoms with Crippen LogP contribution < -0.4 is 15.2 Å². The van der Waals surface area contributed by atoms with Crippen LogP contribution in [0.3, 0.4) is 0 Å². The van der Waals surface area contributed by atoms with Gasteiger partial charge >= 0.3 is 0 Å². The fourth-order valence-electron chi connectivity index (χ4n) is 2.61. The Morgan fingerprint density at radius 2 is 1.96 bits per heavy atom. The summed E-state index contributed by atoms with van der Waals surface area (Å²) in [6.07, 6.45) is 3.76. The predicted molar refractivity (Wildman–Crippen MR) is 101 cm³/mol. The predicted octanol–water partition coefficient (Wildman–Crippen LogP) is 4.04. The van der Waals surface area contributed by atoms with Crippen LogP contribution in [0.15, 0.2) is 36.4 Å². The first-order valence-corrected chi connectivity index (χ1v) is 9.08. The Balaban J connectivity index is 1.96. The molecule has 120 valence electrons. The number of anilines is 1. The molecule has 1 aliphatic carbocycles. The normalized spacial score (nSPS) is 11.1. The lowest BCUT2D eigenvalue weighted by Crippen LogP contribution is -2.21. The molecule has 23 heavy (non-hydrogen) atoms. The number of nitrogens with one attached hydrogen (secondary N) is 1. The molecule has 1 aromatic rings. The number of benzene rings is 2. The van der Waals surface area contributed by atoms with Gasteiger partial charge in [0, 0.05) is 24.4 Å². The van der Waals surface area contributed by atoms with Gasteiger partial charge in [0.15, 0.2) is 0 Å². The minimum atomic E-state index is 1.04. The van der Waals surface area contributed by atoms with Crippen LogP contribution in [-0.2, 0) is 0 Å². The minimum absolute atomic E-state index is 1.04. The van der Waals surface area contributed by atoms with Gasteiger partial charge in [0.05, 0.1) is 20.8 Å². The van der Waals surface area contributed by atoms with Crippen LogP contribution in [0.1, 0.15) is 26.2 Å². The topological polar surface area (TPSA) is 27.9 Å². The van der Waals surface area contributed by atoms with E-state index >= 15 is 0 Å². The average molecular weight is 326 g/mol. The van der Waals surface area contributed by atoms with E-state index in [9.17, 15) is 0 Å². The SMILES string of the molecule is CCCCCNc1ccc2nc3ccc(=[N+](C)C)cc-3sc2c1. The molecule has 0 radical (unpaired) electrons. The zero-order valence-electron chi connectivity index (χ0n) is 14.1. The van der Waals surface area contributed by atoms with Crippen LogP contribution in [0, 0.1) is 0 Å². The second kappa shape index (κ2) is 7.09. The molecule has 3 rings (SSSR count). The molecule has 0 fully saturated rings. The van der Waals surface area contributed by atoms with Crippen molar-refractivity contribution < 1.29 is 0 Å². The third kappa shape index (κ3) is 3.70. The van der Waals surface area contributed by atoms with E-state index in [0.717, 1.165) is 17.8 Å². The van der Waals surface area contributed by atoms with Crippen molar-refractivity contribution in [2.75, 3.05) is 26.0 Å². The maximum absolute atomic E-state index is 4.79. The van der Waals surface area contributed by atoms with E-state index < -0.39 is 0 Å². The number of unbranched alkanes of at least 4 members (excludes halogenated alkanes) is 2. The van der Waals surface area contributed by atoms with E-state index in [0.29, 0.717) is 0 Å². The zero-order chi connectivity index (χ0) is 16.2. The monoisotopic (exact) mass is 326 g/mol. The molecule has 0 saturated heterocycles. The van der Waals surface area contributed by atoms with Gasteiger partial charge in [-0.05, 0) is 30.7 Å². The molecule has 1 heterocycles. The summed E-state index contributed by atoms with van der Waals surface area (Å²) in [6.45, 7) is 3.27. The van der Waals surface area contributed by atoms with E-state index in [1.807, 2.05) is 11.3 Å². The summed E-state index contributed by atoms with van der Waals surface area (Å²) in [4.78, 5) is 6.02. The first-order valence-electron chi connectivity index (χ1n) is 8.26. The summed E-state index contributed by atoms with van der Waals surface area (Å²) in [5.74, 6) is 0. The molecule has 1 aliphatic heterocycles. The summed E-state index contributed by atoms with van der Waals surface area (Å²) < 4.78 is 3.36. The van der Waals surface area contributed by atoms with Crippen molar-refractivity contribution in [2.24, 2.45) is 0 Å². The van der Waals surface area contributed by atoms with Crippen LogP contribution in [-0.4, -0.2) is 25.6 Å². The largest absolute Gasteiger partial charge is 0.385 e.